The van der Waals surface area contributed by atoms with Gasteiger partial charge in [-0.05, 0) is 45.0 Å². The summed E-state index contributed by atoms with van der Waals surface area (Å²) in [6.45, 7) is 5.52. The van der Waals surface area contributed by atoms with E-state index in [0.717, 1.165) is 0 Å². The molecule has 0 fully saturated rings. The first-order chi connectivity index (χ1) is 12.9. The summed E-state index contributed by atoms with van der Waals surface area (Å²) >= 11 is 0. The molecule has 1 atom stereocenters. The van der Waals surface area contributed by atoms with E-state index in [1.807, 2.05) is 13.8 Å². The van der Waals surface area contributed by atoms with Gasteiger partial charge in [0.25, 0.3) is 11.8 Å². The summed E-state index contributed by atoms with van der Waals surface area (Å²) in [6.07, 6.45) is 1.42. The van der Waals surface area contributed by atoms with Crippen LogP contribution in [0.15, 0.2) is 51.6 Å². The minimum atomic E-state index is -0.503. The predicted molar refractivity (Wildman–Crippen MR) is 96.9 cm³/mol. The van der Waals surface area contributed by atoms with Crippen molar-refractivity contribution in [2.75, 3.05) is 0 Å². The molecule has 0 radical (unpaired) electrons. The molecule has 8 heteroatoms. The van der Waals surface area contributed by atoms with Crippen LogP contribution in [-0.2, 0) is 0 Å². The van der Waals surface area contributed by atoms with Gasteiger partial charge in [0.2, 0.25) is 11.7 Å². The number of carbonyl (C=O) groups is 2. The maximum atomic E-state index is 12.2. The van der Waals surface area contributed by atoms with E-state index < -0.39 is 6.04 Å². The molecule has 0 saturated carbocycles. The summed E-state index contributed by atoms with van der Waals surface area (Å²) in [4.78, 5) is 28.5. The molecule has 2 aromatic heterocycles. The van der Waals surface area contributed by atoms with E-state index in [1.54, 1.807) is 43.3 Å². The van der Waals surface area contributed by atoms with Crippen LogP contribution in [0.4, 0.5) is 0 Å². The molecule has 0 unspecified atom stereocenters. The van der Waals surface area contributed by atoms with Gasteiger partial charge in [-0.3, -0.25) is 9.59 Å². The number of hydrogen-bond donors (Lipinski definition) is 2. The van der Waals surface area contributed by atoms with Gasteiger partial charge in [-0.1, -0.05) is 17.3 Å². The van der Waals surface area contributed by atoms with Gasteiger partial charge >= 0.3 is 0 Å². The molecule has 3 rings (SSSR count). The Balaban J connectivity index is 1.73. The minimum absolute atomic E-state index is 0.0385. The average molecular weight is 368 g/mol. The lowest BCUT2D eigenvalue weighted by atomic mass is 10.1. The van der Waals surface area contributed by atoms with Gasteiger partial charge in [0, 0.05) is 17.2 Å². The summed E-state index contributed by atoms with van der Waals surface area (Å²) in [5.74, 6) is 0.241. The Hall–Kier alpha value is -3.42. The number of amides is 2. The molecule has 1 aromatic carbocycles. The Morgan fingerprint density at radius 3 is 2.56 bits per heavy atom. The lowest BCUT2D eigenvalue weighted by Gasteiger charge is -2.08. The zero-order chi connectivity index (χ0) is 19.4. The fourth-order valence-corrected chi connectivity index (χ4v) is 2.41. The van der Waals surface area contributed by atoms with Crippen LogP contribution in [0.1, 0.15) is 53.6 Å². The molecular formula is C19H20N4O4. The van der Waals surface area contributed by atoms with E-state index in [0.29, 0.717) is 17.0 Å². The normalized spacial score (nSPS) is 12.0. The van der Waals surface area contributed by atoms with E-state index in [2.05, 4.69) is 20.8 Å². The second-order valence-corrected chi connectivity index (χ2v) is 6.34. The summed E-state index contributed by atoms with van der Waals surface area (Å²) in [5.41, 5.74) is 1.15. The highest BCUT2D eigenvalue weighted by Crippen LogP contribution is 2.20. The molecule has 0 spiro atoms. The van der Waals surface area contributed by atoms with Crippen molar-refractivity contribution in [3.63, 3.8) is 0 Å². The SMILES string of the molecule is CC(C)NC(=O)c1cccc(-c2noc([C@H](C)NC(=O)c3ccco3)n2)c1. The summed E-state index contributed by atoms with van der Waals surface area (Å²) in [6, 6.07) is 9.68. The van der Waals surface area contributed by atoms with Crippen LogP contribution in [0.5, 0.6) is 0 Å². The van der Waals surface area contributed by atoms with E-state index in [9.17, 15) is 9.59 Å². The fraction of sp³-hybridized carbons (Fsp3) is 0.263. The number of nitrogens with one attached hydrogen (secondary N) is 2. The van der Waals surface area contributed by atoms with Gasteiger partial charge in [-0.15, -0.1) is 0 Å². The highest BCUT2D eigenvalue weighted by molar-refractivity contribution is 5.95. The highest BCUT2D eigenvalue weighted by atomic mass is 16.5. The van der Waals surface area contributed by atoms with Gasteiger partial charge in [-0.2, -0.15) is 4.98 Å². The molecule has 0 saturated heterocycles. The summed E-state index contributed by atoms with van der Waals surface area (Å²) in [7, 11) is 0. The Bertz CT molecular complexity index is 931. The van der Waals surface area contributed by atoms with Crippen molar-refractivity contribution in [3.05, 3.63) is 59.9 Å². The molecular weight excluding hydrogens is 348 g/mol. The molecule has 2 heterocycles. The number of aromatic nitrogens is 2. The number of furan rings is 1. The smallest absolute Gasteiger partial charge is 0.287 e. The lowest BCUT2D eigenvalue weighted by molar-refractivity contribution is 0.0903. The first-order valence-electron chi connectivity index (χ1n) is 8.53. The van der Waals surface area contributed by atoms with Gasteiger partial charge < -0.3 is 19.6 Å². The maximum absolute atomic E-state index is 12.2. The van der Waals surface area contributed by atoms with Crippen LogP contribution in [0.2, 0.25) is 0 Å². The van der Waals surface area contributed by atoms with Gasteiger partial charge in [0.05, 0.1) is 6.26 Å². The van der Waals surface area contributed by atoms with Crippen LogP contribution in [0, 0.1) is 0 Å². The molecule has 3 aromatic rings. The molecule has 0 aliphatic rings. The molecule has 0 aliphatic heterocycles. The van der Waals surface area contributed by atoms with E-state index in [4.69, 9.17) is 8.94 Å². The quantitative estimate of drug-likeness (QED) is 0.692. The summed E-state index contributed by atoms with van der Waals surface area (Å²) < 4.78 is 10.3. The number of hydrogen-bond acceptors (Lipinski definition) is 6. The van der Waals surface area contributed by atoms with Crippen molar-refractivity contribution in [1.82, 2.24) is 20.8 Å². The predicted octanol–water partition coefficient (Wildman–Crippen LogP) is 2.96. The zero-order valence-electron chi connectivity index (χ0n) is 15.2. The minimum Gasteiger partial charge on any atom is -0.459 e. The Morgan fingerprint density at radius 2 is 1.85 bits per heavy atom. The average Bonchev–Trinajstić information content (AvgIpc) is 3.33. The van der Waals surface area contributed by atoms with Gasteiger partial charge in [0.1, 0.15) is 6.04 Å². The van der Waals surface area contributed by atoms with Crippen molar-refractivity contribution in [3.8, 4) is 11.4 Å². The zero-order valence-corrected chi connectivity index (χ0v) is 15.2. The third-order valence-electron chi connectivity index (χ3n) is 3.71. The topological polar surface area (TPSA) is 110 Å². The second kappa shape index (κ2) is 7.86. The van der Waals surface area contributed by atoms with Gasteiger partial charge in [-0.25, -0.2) is 0 Å². The van der Waals surface area contributed by atoms with Crippen LogP contribution in [0.3, 0.4) is 0 Å². The molecule has 140 valence electrons. The molecule has 8 nitrogen and oxygen atoms in total. The van der Waals surface area contributed by atoms with Crippen molar-refractivity contribution in [2.24, 2.45) is 0 Å². The number of carbonyl (C=O) groups excluding carboxylic acids is 2. The number of benzene rings is 1. The van der Waals surface area contributed by atoms with E-state index in [1.165, 1.54) is 6.26 Å². The highest BCUT2D eigenvalue weighted by Gasteiger charge is 2.19. The van der Waals surface area contributed by atoms with Crippen LogP contribution in [-0.4, -0.2) is 28.0 Å². The third kappa shape index (κ3) is 4.41. The van der Waals surface area contributed by atoms with Crippen molar-refractivity contribution in [1.29, 1.82) is 0 Å². The second-order valence-electron chi connectivity index (χ2n) is 6.34. The standard InChI is InChI=1S/C19H20N4O4/c1-11(2)20-17(24)14-7-4-6-13(10-14)16-22-19(27-23-16)12(3)21-18(25)15-8-5-9-26-15/h4-12H,1-3H3,(H,20,24)(H,21,25)/t12-/m0/s1. The van der Waals surface area contributed by atoms with Crippen LogP contribution >= 0.6 is 0 Å². The Morgan fingerprint density at radius 1 is 1.04 bits per heavy atom. The van der Waals surface area contributed by atoms with Crippen molar-refractivity contribution in [2.45, 2.75) is 32.9 Å². The Labute approximate surface area is 156 Å². The Kier molecular flexibility index (Phi) is 5.35. The largest absolute Gasteiger partial charge is 0.459 e. The van der Waals surface area contributed by atoms with E-state index in [-0.39, 0.29) is 29.5 Å². The first kappa shape index (κ1) is 18.4. The van der Waals surface area contributed by atoms with Gasteiger partial charge in [0.15, 0.2) is 5.76 Å². The molecule has 0 aliphatic carbocycles. The van der Waals surface area contributed by atoms with Crippen molar-refractivity contribution >= 4 is 11.8 Å². The lowest BCUT2D eigenvalue weighted by Crippen LogP contribution is -2.30. The molecule has 2 amide bonds. The molecule has 27 heavy (non-hydrogen) atoms. The number of nitrogens with zero attached hydrogens (tertiary/aromatic N) is 2. The molecule has 0 bridgehead atoms. The monoisotopic (exact) mass is 368 g/mol. The summed E-state index contributed by atoms with van der Waals surface area (Å²) in [5, 5.41) is 9.50. The fourth-order valence-electron chi connectivity index (χ4n) is 2.41. The number of rotatable bonds is 6. The maximum Gasteiger partial charge on any atom is 0.287 e. The molecule has 2 N–H and O–H groups in total. The van der Waals surface area contributed by atoms with Crippen LogP contribution < -0.4 is 10.6 Å². The third-order valence-corrected chi connectivity index (χ3v) is 3.71. The van der Waals surface area contributed by atoms with Crippen molar-refractivity contribution < 1.29 is 18.5 Å². The van der Waals surface area contributed by atoms with Crippen LogP contribution in [0.25, 0.3) is 11.4 Å². The first-order valence-corrected chi connectivity index (χ1v) is 8.53. The van der Waals surface area contributed by atoms with E-state index >= 15 is 0 Å².